The van der Waals surface area contributed by atoms with Crippen molar-refractivity contribution < 1.29 is 14.2 Å². The molecular weight excluding hydrogens is 204 g/mol. The molecule has 1 fully saturated rings. The lowest BCUT2D eigenvalue weighted by Gasteiger charge is -2.26. The molecule has 1 aliphatic heterocycles. The molecule has 2 unspecified atom stereocenters. The first-order valence-corrected chi connectivity index (χ1v) is 5.94. The SMILES string of the molecule is CC=COC1OC(C)(CC(C)C)OC1(C)C. The van der Waals surface area contributed by atoms with Gasteiger partial charge in [0.25, 0.3) is 0 Å². The molecule has 1 saturated heterocycles. The predicted molar refractivity (Wildman–Crippen MR) is 63.8 cm³/mol. The molecule has 0 aliphatic carbocycles. The molecule has 0 bridgehead atoms. The molecule has 0 amide bonds. The molecule has 94 valence electrons. The molecule has 0 spiro atoms. The van der Waals surface area contributed by atoms with Crippen LogP contribution in [-0.4, -0.2) is 17.7 Å². The van der Waals surface area contributed by atoms with Crippen LogP contribution in [0.25, 0.3) is 0 Å². The van der Waals surface area contributed by atoms with Crippen molar-refractivity contribution in [3.63, 3.8) is 0 Å². The van der Waals surface area contributed by atoms with E-state index in [1.807, 2.05) is 33.8 Å². The van der Waals surface area contributed by atoms with Gasteiger partial charge in [-0.2, -0.15) is 0 Å². The van der Waals surface area contributed by atoms with E-state index in [9.17, 15) is 0 Å². The fraction of sp³-hybridized carbons (Fsp3) is 0.846. The topological polar surface area (TPSA) is 27.7 Å². The van der Waals surface area contributed by atoms with E-state index in [-0.39, 0.29) is 6.29 Å². The fourth-order valence-electron chi connectivity index (χ4n) is 2.17. The first-order valence-electron chi connectivity index (χ1n) is 5.94. The summed E-state index contributed by atoms with van der Waals surface area (Å²) in [4.78, 5) is 0. The van der Waals surface area contributed by atoms with E-state index < -0.39 is 11.4 Å². The molecule has 1 heterocycles. The molecule has 1 rings (SSSR count). The zero-order valence-corrected chi connectivity index (χ0v) is 11.2. The van der Waals surface area contributed by atoms with Crippen LogP contribution in [0.1, 0.15) is 48.0 Å². The largest absolute Gasteiger partial charge is 0.470 e. The highest BCUT2D eigenvalue weighted by Gasteiger charge is 2.50. The van der Waals surface area contributed by atoms with E-state index in [1.165, 1.54) is 0 Å². The lowest BCUT2D eigenvalue weighted by Crippen LogP contribution is -2.34. The van der Waals surface area contributed by atoms with Crippen molar-refractivity contribution in [1.82, 2.24) is 0 Å². The van der Waals surface area contributed by atoms with E-state index in [0.717, 1.165) is 6.42 Å². The molecule has 0 radical (unpaired) electrons. The molecule has 1 aliphatic rings. The average Bonchev–Trinajstić information content (AvgIpc) is 2.30. The molecule has 0 N–H and O–H groups in total. The number of allylic oxidation sites excluding steroid dienone is 1. The molecular formula is C13H24O3. The molecule has 0 aromatic rings. The maximum atomic E-state index is 5.98. The molecule has 0 saturated carbocycles. The van der Waals surface area contributed by atoms with E-state index in [4.69, 9.17) is 14.2 Å². The molecule has 3 nitrogen and oxygen atoms in total. The van der Waals surface area contributed by atoms with E-state index in [1.54, 1.807) is 6.26 Å². The van der Waals surface area contributed by atoms with Crippen molar-refractivity contribution >= 4 is 0 Å². The summed E-state index contributed by atoms with van der Waals surface area (Å²) in [5.74, 6) is -0.00883. The predicted octanol–water partition coefficient (Wildman–Crippen LogP) is 3.45. The van der Waals surface area contributed by atoms with Gasteiger partial charge < -0.3 is 14.2 Å². The smallest absolute Gasteiger partial charge is 0.230 e. The standard InChI is InChI=1S/C13H24O3/c1-7-8-14-11-12(4,5)16-13(6,15-11)9-10(2)3/h7-8,10-11H,9H2,1-6H3. The third-order valence-corrected chi connectivity index (χ3v) is 2.52. The number of rotatable bonds is 4. The Morgan fingerprint density at radius 1 is 1.31 bits per heavy atom. The Kier molecular flexibility index (Phi) is 4.02. The number of hydrogen-bond acceptors (Lipinski definition) is 3. The zero-order chi connectivity index (χ0) is 12.4. The molecule has 2 atom stereocenters. The summed E-state index contributed by atoms with van der Waals surface area (Å²) in [6.07, 6.45) is 4.02. The van der Waals surface area contributed by atoms with Crippen molar-refractivity contribution in [1.29, 1.82) is 0 Å². The maximum Gasteiger partial charge on any atom is 0.230 e. The van der Waals surface area contributed by atoms with Crippen molar-refractivity contribution in [3.05, 3.63) is 12.3 Å². The number of ether oxygens (including phenoxy) is 3. The minimum atomic E-state index is -0.538. The summed E-state index contributed by atoms with van der Waals surface area (Å²) < 4.78 is 17.4. The van der Waals surface area contributed by atoms with Gasteiger partial charge in [0.1, 0.15) is 5.60 Å². The second-order valence-electron chi connectivity index (χ2n) is 5.49. The third-order valence-electron chi connectivity index (χ3n) is 2.52. The fourth-order valence-corrected chi connectivity index (χ4v) is 2.17. The van der Waals surface area contributed by atoms with Gasteiger partial charge in [-0.3, -0.25) is 0 Å². The summed E-state index contributed by atoms with van der Waals surface area (Å²) in [5, 5.41) is 0. The average molecular weight is 228 g/mol. The van der Waals surface area contributed by atoms with Gasteiger partial charge in [-0.25, -0.2) is 0 Å². The van der Waals surface area contributed by atoms with Gasteiger partial charge in [0.2, 0.25) is 6.29 Å². The summed E-state index contributed by atoms with van der Waals surface area (Å²) in [5.41, 5.74) is -0.414. The molecule has 0 aromatic heterocycles. The normalized spacial score (nSPS) is 33.8. The van der Waals surface area contributed by atoms with Crippen LogP contribution in [0.5, 0.6) is 0 Å². The second kappa shape index (κ2) is 4.76. The minimum Gasteiger partial charge on any atom is -0.470 e. The van der Waals surface area contributed by atoms with Gasteiger partial charge in [0, 0.05) is 6.42 Å². The highest BCUT2D eigenvalue weighted by Crippen LogP contribution is 2.40. The van der Waals surface area contributed by atoms with Crippen molar-refractivity contribution in [3.8, 4) is 0 Å². The van der Waals surface area contributed by atoms with Crippen LogP contribution in [0, 0.1) is 5.92 Å². The number of hydrogen-bond donors (Lipinski definition) is 0. The van der Waals surface area contributed by atoms with Gasteiger partial charge in [0.05, 0.1) is 6.26 Å². The van der Waals surface area contributed by atoms with E-state index in [2.05, 4.69) is 13.8 Å². The van der Waals surface area contributed by atoms with Crippen LogP contribution in [0.2, 0.25) is 0 Å². The molecule has 16 heavy (non-hydrogen) atoms. The van der Waals surface area contributed by atoms with Crippen LogP contribution >= 0.6 is 0 Å². The Hall–Kier alpha value is -0.540. The van der Waals surface area contributed by atoms with E-state index >= 15 is 0 Å². The summed E-state index contributed by atoms with van der Waals surface area (Å²) in [6.45, 7) is 12.2. The van der Waals surface area contributed by atoms with Gasteiger partial charge >= 0.3 is 0 Å². The Morgan fingerprint density at radius 3 is 2.44 bits per heavy atom. The Morgan fingerprint density at radius 2 is 1.94 bits per heavy atom. The maximum absolute atomic E-state index is 5.98. The zero-order valence-electron chi connectivity index (χ0n) is 11.2. The third kappa shape index (κ3) is 3.22. The minimum absolute atomic E-state index is 0.340. The first kappa shape index (κ1) is 13.5. The van der Waals surface area contributed by atoms with Gasteiger partial charge in [-0.15, -0.1) is 0 Å². The van der Waals surface area contributed by atoms with Crippen molar-refractivity contribution in [2.45, 2.75) is 65.6 Å². The summed E-state index contributed by atoms with van der Waals surface area (Å²) in [7, 11) is 0. The van der Waals surface area contributed by atoms with Crippen LogP contribution in [0.15, 0.2) is 12.3 Å². The lowest BCUT2D eigenvalue weighted by molar-refractivity contribution is -0.198. The highest BCUT2D eigenvalue weighted by atomic mass is 16.8. The van der Waals surface area contributed by atoms with Crippen molar-refractivity contribution in [2.75, 3.05) is 0 Å². The molecule has 0 aromatic carbocycles. The quantitative estimate of drug-likeness (QED) is 0.690. The van der Waals surface area contributed by atoms with Gasteiger partial charge in [-0.1, -0.05) is 19.9 Å². The lowest BCUT2D eigenvalue weighted by atomic mass is 10.0. The van der Waals surface area contributed by atoms with E-state index in [0.29, 0.717) is 5.92 Å². The first-order chi connectivity index (χ1) is 7.29. The van der Waals surface area contributed by atoms with Crippen molar-refractivity contribution in [2.24, 2.45) is 5.92 Å². The molecule has 3 heteroatoms. The van der Waals surface area contributed by atoms with Crippen LogP contribution < -0.4 is 0 Å². The Balaban J connectivity index is 2.69. The Bertz CT molecular complexity index is 258. The van der Waals surface area contributed by atoms with Gasteiger partial charge in [-0.05, 0) is 33.6 Å². The van der Waals surface area contributed by atoms with Gasteiger partial charge in [0.15, 0.2) is 5.79 Å². The van der Waals surface area contributed by atoms with Crippen LogP contribution in [-0.2, 0) is 14.2 Å². The Labute approximate surface area is 98.8 Å². The van der Waals surface area contributed by atoms with Crippen LogP contribution in [0.3, 0.4) is 0 Å². The summed E-state index contributed by atoms with van der Waals surface area (Å²) >= 11 is 0. The monoisotopic (exact) mass is 228 g/mol. The van der Waals surface area contributed by atoms with Crippen LogP contribution in [0.4, 0.5) is 0 Å². The highest BCUT2D eigenvalue weighted by molar-refractivity contribution is 4.88. The summed E-state index contributed by atoms with van der Waals surface area (Å²) in [6, 6.07) is 0. The second-order valence-corrected chi connectivity index (χ2v) is 5.49.